The fourth-order valence-corrected chi connectivity index (χ4v) is 3.21. The van der Waals surface area contributed by atoms with Crippen molar-refractivity contribution in [2.24, 2.45) is 10.7 Å². The molecule has 0 fully saturated rings. The van der Waals surface area contributed by atoms with Gasteiger partial charge in [0.15, 0.2) is 5.96 Å². The Balaban J connectivity index is 0.00000300. The van der Waals surface area contributed by atoms with Gasteiger partial charge in [-0.1, -0.05) is 30.3 Å². The summed E-state index contributed by atoms with van der Waals surface area (Å²) in [6, 6.07) is 15.2. The number of alkyl halides is 3. The third-order valence-electron chi connectivity index (χ3n) is 3.58. The van der Waals surface area contributed by atoms with Crippen molar-refractivity contribution in [3.8, 4) is 16.3 Å². The molecule has 0 aliphatic heterocycles. The zero-order valence-corrected chi connectivity index (χ0v) is 18.2. The maximum atomic E-state index is 12.1. The van der Waals surface area contributed by atoms with Crippen molar-refractivity contribution in [3.63, 3.8) is 0 Å². The Morgan fingerprint density at radius 3 is 2.45 bits per heavy atom. The lowest BCUT2D eigenvalue weighted by atomic mass is 10.2. The third kappa shape index (κ3) is 7.54. The summed E-state index contributed by atoms with van der Waals surface area (Å²) in [4.78, 5) is 8.80. The standard InChI is InChI=1S/C19H17F3N4OS.HI/c20-19(21,22)27-16-8-6-14(7-9-16)26-18(23)24-11-10-15-12-28-17(25-15)13-4-2-1-3-5-13;/h1-9,12H,10-11H2,(H3,23,24,26);1H. The van der Waals surface area contributed by atoms with Crippen molar-refractivity contribution in [1.82, 2.24) is 4.98 Å². The first-order valence-electron chi connectivity index (χ1n) is 8.32. The number of aromatic nitrogens is 1. The summed E-state index contributed by atoms with van der Waals surface area (Å²) in [6.45, 7) is 0.437. The average Bonchev–Trinajstić information content (AvgIpc) is 3.12. The number of nitrogens with two attached hydrogens (primary N) is 1. The molecule has 5 nitrogen and oxygen atoms in total. The van der Waals surface area contributed by atoms with E-state index in [0.29, 0.717) is 18.7 Å². The summed E-state index contributed by atoms with van der Waals surface area (Å²) in [5.74, 6) is -0.130. The summed E-state index contributed by atoms with van der Waals surface area (Å²) in [5.41, 5.74) is 8.32. The van der Waals surface area contributed by atoms with Crippen LogP contribution in [0.5, 0.6) is 5.75 Å². The van der Waals surface area contributed by atoms with Crippen LogP contribution < -0.4 is 15.8 Å². The summed E-state index contributed by atoms with van der Waals surface area (Å²) in [7, 11) is 0. The largest absolute Gasteiger partial charge is 0.573 e. The second-order valence-electron chi connectivity index (χ2n) is 5.72. The predicted octanol–water partition coefficient (Wildman–Crippen LogP) is 5.30. The molecule has 1 aromatic heterocycles. The molecule has 0 radical (unpaired) electrons. The van der Waals surface area contributed by atoms with E-state index in [1.54, 1.807) is 11.3 Å². The number of anilines is 1. The molecule has 2 aromatic carbocycles. The molecule has 10 heteroatoms. The monoisotopic (exact) mass is 534 g/mol. The van der Waals surface area contributed by atoms with Gasteiger partial charge in [-0.3, -0.25) is 4.99 Å². The van der Waals surface area contributed by atoms with Gasteiger partial charge in [-0.15, -0.1) is 48.5 Å². The van der Waals surface area contributed by atoms with E-state index in [2.05, 4.69) is 20.0 Å². The fourth-order valence-electron chi connectivity index (χ4n) is 2.35. The van der Waals surface area contributed by atoms with Gasteiger partial charge in [0.05, 0.1) is 5.69 Å². The van der Waals surface area contributed by atoms with Crippen LogP contribution in [0.25, 0.3) is 10.6 Å². The quantitative estimate of drug-likeness (QED) is 0.256. The number of nitrogens with zero attached hydrogens (tertiary/aromatic N) is 2. The van der Waals surface area contributed by atoms with E-state index in [1.165, 1.54) is 24.3 Å². The number of nitrogens with one attached hydrogen (secondary N) is 1. The van der Waals surface area contributed by atoms with Gasteiger partial charge >= 0.3 is 6.36 Å². The molecule has 0 saturated carbocycles. The summed E-state index contributed by atoms with van der Waals surface area (Å²) in [5, 5.41) is 5.76. The van der Waals surface area contributed by atoms with Gasteiger partial charge in [0.1, 0.15) is 10.8 Å². The smallest absolute Gasteiger partial charge is 0.406 e. The Bertz CT molecular complexity index is 931. The van der Waals surface area contributed by atoms with Crippen LogP contribution in [-0.4, -0.2) is 23.9 Å². The van der Waals surface area contributed by atoms with Crippen molar-refractivity contribution in [1.29, 1.82) is 0 Å². The molecule has 154 valence electrons. The zero-order valence-electron chi connectivity index (χ0n) is 15.0. The highest BCUT2D eigenvalue weighted by Crippen LogP contribution is 2.24. The molecule has 0 bridgehead atoms. The number of guanidine groups is 1. The van der Waals surface area contributed by atoms with Gasteiger partial charge in [-0.25, -0.2) is 4.98 Å². The van der Waals surface area contributed by atoms with E-state index in [0.717, 1.165) is 16.3 Å². The molecule has 0 atom stereocenters. The molecule has 3 N–H and O–H groups in total. The number of benzene rings is 2. The highest BCUT2D eigenvalue weighted by molar-refractivity contribution is 14.0. The van der Waals surface area contributed by atoms with E-state index in [1.807, 2.05) is 35.7 Å². The van der Waals surface area contributed by atoms with E-state index >= 15 is 0 Å². The van der Waals surface area contributed by atoms with Crippen molar-refractivity contribution in [2.75, 3.05) is 11.9 Å². The number of aliphatic imine (C=N–C) groups is 1. The molecule has 1 heterocycles. The van der Waals surface area contributed by atoms with Crippen LogP contribution in [0.2, 0.25) is 0 Å². The minimum Gasteiger partial charge on any atom is -0.406 e. The van der Waals surface area contributed by atoms with Crippen LogP contribution in [0.1, 0.15) is 5.69 Å². The second kappa shape index (κ2) is 10.4. The van der Waals surface area contributed by atoms with Crippen molar-refractivity contribution < 1.29 is 17.9 Å². The number of halogens is 4. The highest BCUT2D eigenvalue weighted by Gasteiger charge is 2.30. The number of thiazole rings is 1. The first kappa shape index (κ1) is 22.9. The molecule has 3 aromatic rings. The zero-order chi connectivity index (χ0) is 20.0. The minimum absolute atomic E-state index is 0. The van der Waals surface area contributed by atoms with Gasteiger partial charge in [0.2, 0.25) is 0 Å². The van der Waals surface area contributed by atoms with Gasteiger partial charge in [0.25, 0.3) is 0 Å². The number of hydrogen-bond acceptors (Lipinski definition) is 4. The fraction of sp³-hybridized carbons (Fsp3) is 0.158. The van der Waals surface area contributed by atoms with E-state index in [-0.39, 0.29) is 35.7 Å². The molecule has 0 spiro atoms. The van der Waals surface area contributed by atoms with Gasteiger partial charge < -0.3 is 15.8 Å². The van der Waals surface area contributed by atoms with Crippen molar-refractivity contribution in [3.05, 3.63) is 65.7 Å². The predicted molar refractivity (Wildman–Crippen MR) is 120 cm³/mol. The molecular weight excluding hydrogens is 516 g/mol. The maximum Gasteiger partial charge on any atom is 0.573 e. The molecule has 3 rings (SSSR count). The number of hydrogen-bond donors (Lipinski definition) is 2. The third-order valence-corrected chi connectivity index (χ3v) is 4.52. The molecule has 0 aliphatic carbocycles. The van der Waals surface area contributed by atoms with Gasteiger partial charge in [0, 0.05) is 29.6 Å². The van der Waals surface area contributed by atoms with Crippen molar-refractivity contribution in [2.45, 2.75) is 12.8 Å². The average molecular weight is 534 g/mol. The van der Waals surface area contributed by atoms with E-state index in [9.17, 15) is 13.2 Å². The lowest BCUT2D eigenvalue weighted by molar-refractivity contribution is -0.274. The molecular formula is C19H18F3IN4OS. The Morgan fingerprint density at radius 2 is 1.79 bits per heavy atom. The minimum atomic E-state index is -4.72. The first-order chi connectivity index (χ1) is 13.4. The second-order valence-corrected chi connectivity index (χ2v) is 6.58. The van der Waals surface area contributed by atoms with Gasteiger partial charge in [-0.2, -0.15) is 0 Å². The first-order valence-corrected chi connectivity index (χ1v) is 9.19. The van der Waals surface area contributed by atoms with Gasteiger partial charge in [-0.05, 0) is 24.3 Å². The number of rotatable bonds is 6. The lowest BCUT2D eigenvalue weighted by Crippen LogP contribution is -2.23. The Hall–Kier alpha value is -2.34. The Kier molecular flexibility index (Phi) is 8.26. The molecule has 0 amide bonds. The molecule has 0 saturated heterocycles. The van der Waals surface area contributed by atoms with Crippen LogP contribution >= 0.6 is 35.3 Å². The lowest BCUT2D eigenvalue weighted by Gasteiger charge is -2.10. The summed E-state index contributed by atoms with van der Waals surface area (Å²) >= 11 is 1.57. The van der Waals surface area contributed by atoms with Crippen LogP contribution in [-0.2, 0) is 6.42 Å². The normalized spacial score (nSPS) is 11.6. The van der Waals surface area contributed by atoms with Crippen molar-refractivity contribution >= 4 is 47.0 Å². The van der Waals surface area contributed by atoms with Crippen LogP contribution in [0.3, 0.4) is 0 Å². The number of ether oxygens (including phenoxy) is 1. The van der Waals surface area contributed by atoms with E-state index < -0.39 is 6.36 Å². The summed E-state index contributed by atoms with van der Waals surface area (Å²) in [6.07, 6.45) is -4.09. The summed E-state index contributed by atoms with van der Waals surface area (Å²) < 4.78 is 40.3. The molecule has 0 unspecified atom stereocenters. The Labute approximate surface area is 186 Å². The van der Waals surface area contributed by atoms with Crippen LogP contribution in [0.4, 0.5) is 18.9 Å². The Morgan fingerprint density at radius 1 is 1.10 bits per heavy atom. The molecule has 29 heavy (non-hydrogen) atoms. The molecule has 0 aliphatic rings. The van der Waals surface area contributed by atoms with Crippen LogP contribution in [0.15, 0.2) is 65.0 Å². The maximum absolute atomic E-state index is 12.1. The van der Waals surface area contributed by atoms with E-state index in [4.69, 9.17) is 5.73 Å². The SMILES string of the molecule is I.NC(=NCCc1csc(-c2ccccc2)n1)Nc1ccc(OC(F)(F)F)cc1. The topological polar surface area (TPSA) is 72.5 Å². The highest BCUT2D eigenvalue weighted by atomic mass is 127. The van der Waals surface area contributed by atoms with Crippen LogP contribution in [0, 0.1) is 0 Å².